The third kappa shape index (κ3) is 6.54. The van der Waals surface area contributed by atoms with E-state index in [1.165, 1.54) is 6.08 Å². The maximum atomic E-state index is 12.6. The zero-order valence-corrected chi connectivity index (χ0v) is 19.0. The molecule has 1 unspecified atom stereocenters. The van der Waals surface area contributed by atoms with Crippen LogP contribution in [0.15, 0.2) is 48.7 Å². The predicted octanol–water partition coefficient (Wildman–Crippen LogP) is 3.65. The van der Waals surface area contributed by atoms with Gasteiger partial charge in [0.1, 0.15) is 5.82 Å². The van der Waals surface area contributed by atoms with E-state index in [-0.39, 0.29) is 11.9 Å². The molecule has 9 heteroatoms. The smallest absolute Gasteiger partial charge is 0.267 e. The molecule has 1 aromatic heterocycles. The number of hydrogen-bond donors (Lipinski definition) is 2. The zero-order chi connectivity index (χ0) is 23.0. The number of likely N-dealkylation sites (tertiary alicyclic amines) is 1. The topological polar surface area (TPSA) is 92.8 Å². The van der Waals surface area contributed by atoms with Crippen molar-refractivity contribution >= 4 is 35.3 Å². The highest BCUT2D eigenvalue weighted by molar-refractivity contribution is 6.33. The summed E-state index contributed by atoms with van der Waals surface area (Å²) in [6.45, 7) is 1.90. The number of ether oxygens (including phenoxy) is 1. The van der Waals surface area contributed by atoms with Crippen molar-refractivity contribution in [2.75, 3.05) is 25.0 Å². The highest BCUT2D eigenvalue weighted by Crippen LogP contribution is 2.24. The van der Waals surface area contributed by atoms with Crippen molar-refractivity contribution in [3.05, 3.63) is 64.8 Å². The van der Waals surface area contributed by atoms with Crippen molar-refractivity contribution in [2.45, 2.75) is 38.0 Å². The number of carbonyl (C=O) groups is 2. The van der Waals surface area contributed by atoms with Crippen LogP contribution in [-0.4, -0.2) is 53.7 Å². The highest BCUT2D eigenvalue weighted by Gasteiger charge is 2.27. The van der Waals surface area contributed by atoms with Gasteiger partial charge in [0.15, 0.2) is 6.29 Å². The maximum absolute atomic E-state index is 12.6. The van der Waals surface area contributed by atoms with Gasteiger partial charge in [-0.3, -0.25) is 9.59 Å². The summed E-state index contributed by atoms with van der Waals surface area (Å²) in [6.07, 6.45) is 7.80. The number of hydrogen-bond acceptors (Lipinski definition) is 6. The average molecular weight is 471 g/mol. The first-order valence-electron chi connectivity index (χ1n) is 11.1. The summed E-state index contributed by atoms with van der Waals surface area (Å²) >= 11 is 6.40. The quantitative estimate of drug-likeness (QED) is 0.474. The minimum Gasteiger partial charge on any atom is -0.364 e. The van der Waals surface area contributed by atoms with E-state index in [0.717, 1.165) is 25.7 Å². The number of benzene rings is 1. The molecule has 2 fully saturated rings. The number of hydroxylamine groups is 1. The fourth-order valence-corrected chi connectivity index (χ4v) is 4.03. The van der Waals surface area contributed by atoms with Crippen LogP contribution in [0.4, 0.5) is 5.82 Å². The molecule has 2 N–H and O–H groups in total. The van der Waals surface area contributed by atoms with Gasteiger partial charge in [-0.25, -0.2) is 15.3 Å². The lowest BCUT2D eigenvalue weighted by Gasteiger charge is -2.21. The molecular formula is C24H27ClN4O4. The monoisotopic (exact) mass is 470 g/mol. The summed E-state index contributed by atoms with van der Waals surface area (Å²) in [5.74, 6) is 0.184. The molecule has 2 aromatic rings. The van der Waals surface area contributed by atoms with Crippen molar-refractivity contribution in [2.24, 2.45) is 0 Å². The van der Waals surface area contributed by atoms with Crippen LogP contribution in [0, 0.1) is 0 Å². The second kappa shape index (κ2) is 11.3. The Balaban J connectivity index is 1.26. The van der Waals surface area contributed by atoms with Crippen LogP contribution in [0.25, 0.3) is 6.08 Å². The second-order valence-electron chi connectivity index (χ2n) is 8.06. The van der Waals surface area contributed by atoms with Gasteiger partial charge in [-0.1, -0.05) is 29.8 Å². The molecule has 2 aliphatic heterocycles. The second-order valence-corrected chi connectivity index (χ2v) is 8.47. The molecule has 0 spiro atoms. The molecule has 3 heterocycles. The van der Waals surface area contributed by atoms with E-state index < -0.39 is 12.2 Å². The fraction of sp³-hybridized carbons (Fsp3) is 0.375. The number of amides is 2. The van der Waals surface area contributed by atoms with Crippen LogP contribution in [-0.2, 0) is 14.4 Å². The molecule has 0 aliphatic carbocycles. The van der Waals surface area contributed by atoms with E-state index in [0.29, 0.717) is 41.7 Å². The van der Waals surface area contributed by atoms with Crippen molar-refractivity contribution in [3.8, 4) is 0 Å². The molecule has 0 radical (unpaired) electrons. The maximum Gasteiger partial charge on any atom is 0.267 e. The molecule has 0 saturated carbocycles. The van der Waals surface area contributed by atoms with Crippen LogP contribution in [0.3, 0.4) is 0 Å². The third-order valence-electron chi connectivity index (χ3n) is 5.56. The van der Waals surface area contributed by atoms with Crippen LogP contribution in [0.2, 0.25) is 5.02 Å². The van der Waals surface area contributed by atoms with E-state index in [2.05, 4.69) is 15.8 Å². The van der Waals surface area contributed by atoms with E-state index in [1.807, 2.05) is 35.2 Å². The molecule has 4 rings (SSSR count). The Kier molecular flexibility index (Phi) is 7.93. The minimum atomic E-state index is -0.396. The largest absolute Gasteiger partial charge is 0.364 e. The number of pyridine rings is 1. The van der Waals surface area contributed by atoms with Crippen LogP contribution < -0.4 is 10.8 Å². The standard InChI is InChI=1S/C24H27ClN4O4/c25-20-14-17(9-10-21(30)28-33-22-8-4-5-13-32-22)15-26-23(20)27-19-11-12-29(16-19)24(31)18-6-2-1-3-7-18/h1-3,6-7,9-10,14-15,19,22H,4-5,8,11-13,16H2,(H,26,27)(H,28,30)/b10-9+/t19-,22?/m1/s1. The first-order valence-corrected chi connectivity index (χ1v) is 11.5. The van der Waals surface area contributed by atoms with Gasteiger partial charge < -0.3 is 15.0 Å². The van der Waals surface area contributed by atoms with Gasteiger partial charge >= 0.3 is 0 Å². The Morgan fingerprint density at radius 1 is 1.21 bits per heavy atom. The van der Waals surface area contributed by atoms with Crippen molar-refractivity contribution in [1.82, 2.24) is 15.4 Å². The minimum absolute atomic E-state index is 0.0248. The molecular weight excluding hydrogens is 444 g/mol. The summed E-state index contributed by atoms with van der Waals surface area (Å²) in [5, 5.41) is 3.76. The molecule has 8 nitrogen and oxygen atoms in total. The first kappa shape index (κ1) is 23.2. The van der Waals surface area contributed by atoms with Crippen molar-refractivity contribution in [1.29, 1.82) is 0 Å². The van der Waals surface area contributed by atoms with Crippen molar-refractivity contribution in [3.63, 3.8) is 0 Å². The number of halogens is 1. The average Bonchev–Trinajstić information content (AvgIpc) is 3.32. The van der Waals surface area contributed by atoms with Gasteiger partial charge in [-0.15, -0.1) is 0 Å². The number of anilines is 1. The fourth-order valence-electron chi connectivity index (χ4n) is 3.80. The van der Waals surface area contributed by atoms with E-state index in [1.54, 1.807) is 18.3 Å². The van der Waals surface area contributed by atoms with Gasteiger partial charge in [0.2, 0.25) is 0 Å². The first-order chi connectivity index (χ1) is 16.1. The lowest BCUT2D eigenvalue weighted by molar-refractivity contribution is -0.198. The summed E-state index contributed by atoms with van der Waals surface area (Å²) in [7, 11) is 0. The number of nitrogens with zero attached hydrogens (tertiary/aromatic N) is 2. The van der Waals surface area contributed by atoms with E-state index >= 15 is 0 Å². The summed E-state index contributed by atoms with van der Waals surface area (Å²) in [6, 6.07) is 11.1. The third-order valence-corrected chi connectivity index (χ3v) is 5.84. The molecule has 1 aromatic carbocycles. The Bertz CT molecular complexity index is 995. The number of aromatic nitrogens is 1. The summed E-state index contributed by atoms with van der Waals surface area (Å²) in [5.41, 5.74) is 3.74. The Labute approximate surface area is 197 Å². The molecule has 174 valence electrons. The predicted molar refractivity (Wildman–Crippen MR) is 125 cm³/mol. The lowest BCUT2D eigenvalue weighted by atomic mass is 10.2. The van der Waals surface area contributed by atoms with Gasteiger partial charge in [0.25, 0.3) is 11.8 Å². The summed E-state index contributed by atoms with van der Waals surface area (Å²) in [4.78, 5) is 36.0. The van der Waals surface area contributed by atoms with Crippen molar-refractivity contribution < 1.29 is 19.2 Å². The number of rotatable bonds is 7. The van der Waals surface area contributed by atoms with Crippen LogP contribution >= 0.6 is 11.6 Å². The number of nitrogens with one attached hydrogen (secondary N) is 2. The van der Waals surface area contributed by atoms with Crippen LogP contribution in [0.1, 0.15) is 41.6 Å². The lowest BCUT2D eigenvalue weighted by Crippen LogP contribution is -2.32. The Morgan fingerprint density at radius 3 is 2.82 bits per heavy atom. The van der Waals surface area contributed by atoms with E-state index in [4.69, 9.17) is 21.2 Å². The Hall–Kier alpha value is -2.94. The van der Waals surface area contributed by atoms with Crippen LogP contribution in [0.5, 0.6) is 0 Å². The molecule has 2 atom stereocenters. The zero-order valence-electron chi connectivity index (χ0n) is 18.2. The van der Waals surface area contributed by atoms with Gasteiger partial charge in [0, 0.05) is 50.0 Å². The van der Waals surface area contributed by atoms with Gasteiger partial charge in [-0.2, -0.15) is 0 Å². The number of carbonyl (C=O) groups excluding carboxylic acids is 2. The molecule has 2 aliphatic rings. The van der Waals surface area contributed by atoms with Gasteiger partial charge in [0.05, 0.1) is 5.02 Å². The van der Waals surface area contributed by atoms with E-state index in [9.17, 15) is 9.59 Å². The normalized spacial score (nSPS) is 20.7. The SMILES string of the molecule is O=C(/C=C/c1cnc(N[C@@H]2CCN(C(=O)c3ccccc3)C2)c(Cl)c1)NOC1CCCCO1. The summed E-state index contributed by atoms with van der Waals surface area (Å²) < 4.78 is 5.40. The molecule has 2 saturated heterocycles. The molecule has 2 amide bonds. The molecule has 33 heavy (non-hydrogen) atoms. The molecule has 0 bridgehead atoms. The Morgan fingerprint density at radius 2 is 2.06 bits per heavy atom. The van der Waals surface area contributed by atoms with Gasteiger partial charge in [-0.05, 0) is 49.1 Å². The highest BCUT2D eigenvalue weighted by atomic mass is 35.5.